The molecule has 1 aliphatic heterocycles. The fraction of sp³-hybridized carbons (Fsp3) is 0.286. The first-order chi connectivity index (χ1) is 12.3. The monoisotopic (exact) mass is 356 g/mol. The van der Waals surface area contributed by atoms with Crippen LogP contribution in [0.15, 0.2) is 54.6 Å². The summed E-state index contributed by atoms with van der Waals surface area (Å²) in [7, 11) is 0. The van der Waals surface area contributed by atoms with E-state index >= 15 is 0 Å². The zero-order valence-corrected chi connectivity index (χ0v) is 14.9. The van der Waals surface area contributed by atoms with Crippen molar-refractivity contribution in [2.75, 3.05) is 13.1 Å². The number of rotatable bonds is 3. The molecule has 1 aliphatic rings. The van der Waals surface area contributed by atoms with E-state index in [1.54, 1.807) is 18.7 Å². The van der Waals surface area contributed by atoms with E-state index in [1.165, 1.54) is 6.07 Å². The molecule has 1 amide bonds. The van der Waals surface area contributed by atoms with E-state index in [-0.39, 0.29) is 23.9 Å². The molecule has 2 aromatic rings. The van der Waals surface area contributed by atoms with E-state index in [0.29, 0.717) is 12.1 Å². The van der Waals surface area contributed by atoms with Crippen LogP contribution >= 0.6 is 0 Å². The highest BCUT2D eigenvalue weighted by Crippen LogP contribution is 2.32. The molecule has 0 saturated carbocycles. The van der Waals surface area contributed by atoms with Crippen molar-refractivity contribution in [3.63, 3.8) is 0 Å². The average Bonchev–Trinajstić information content (AvgIpc) is 2.62. The minimum Gasteiger partial charge on any atom is -0.336 e. The Morgan fingerprint density at radius 2 is 1.85 bits per heavy atom. The topological polar surface area (TPSA) is 46.3 Å². The Morgan fingerprint density at radius 1 is 1.15 bits per heavy atom. The van der Waals surface area contributed by atoms with Crippen LogP contribution in [0, 0.1) is 11.6 Å². The van der Waals surface area contributed by atoms with Crippen molar-refractivity contribution >= 4 is 11.5 Å². The van der Waals surface area contributed by atoms with E-state index in [4.69, 9.17) is 5.73 Å². The second-order valence-corrected chi connectivity index (χ2v) is 7.24. The van der Waals surface area contributed by atoms with Gasteiger partial charge in [-0.2, -0.15) is 0 Å². The fourth-order valence-corrected chi connectivity index (χ4v) is 3.24. The number of nitrogens with zero attached hydrogens (tertiary/aromatic N) is 1. The molecule has 2 N–H and O–H groups in total. The fourth-order valence-electron chi connectivity index (χ4n) is 3.24. The lowest BCUT2D eigenvalue weighted by Crippen LogP contribution is -2.53. The van der Waals surface area contributed by atoms with Crippen molar-refractivity contribution in [3.8, 4) is 0 Å². The van der Waals surface area contributed by atoms with E-state index in [1.807, 2.05) is 36.4 Å². The van der Waals surface area contributed by atoms with E-state index in [2.05, 4.69) is 0 Å². The first-order valence-electron chi connectivity index (χ1n) is 8.55. The second kappa shape index (κ2) is 7.00. The highest BCUT2D eigenvalue weighted by molar-refractivity contribution is 5.87. The summed E-state index contributed by atoms with van der Waals surface area (Å²) >= 11 is 0. The minimum atomic E-state index is -1.04. The van der Waals surface area contributed by atoms with Crippen LogP contribution in [-0.2, 0) is 4.79 Å². The lowest BCUT2D eigenvalue weighted by atomic mass is 9.88. The number of benzene rings is 2. The van der Waals surface area contributed by atoms with Gasteiger partial charge in [-0.15, -0.1) is 0 Å². The van der Waals surface area contributed by atoms with Crippen LogP contribution in [0.4, 0.5) is 8.78 Å². The van der Waals surface area contributed by atoms with Gasteiger partial charge in [0.25, 0.3) is 0 Å². The van der Waals surface area contributed by atoms with Gasteiger partial charge in [-0.25, -0.2) is 8.78 Å². The summed E-state index contributed by atoms with van der Waals surface area (Å²) in [6.45, 7) is 3.94. The summed E-state index contributed by atoms with van der Waals surface area (Å²) in [6.07, 6.45) is 1.92. The summed E-state index contributed by atoms with van der Waals surface area (Å²) in [5, 5.41) is 0. The molecule has 1 heterocycles. The van der Waals surface area contributed by atoms with Crippen LogP contribution in [0.5, 0.6) is 0 Å². The van der Waals surface area contributed by atoms with Crippen molar-refractivity contribution in [1.29, 1.82) is 0 Å². The maximum Gasteiger partial charge on any atom is 0.242 e. The van der Waals surface area contributed by atoms with Gasteiger partial charge in [0.05, 0.1) is 5.54 Å². The lowest BCUT2D eigenvalue weighted by molar-refractivity contribution is -0.135. The van der Waals surface area contributed by atoms with Gasteiger partial charge in [0.15, 0.2) is 0 Å². The quantitative estimate of drug-likeness (QED) is 0.911. The van der Waals surface area contributed by atoms with Gasteiger partial charge in [0.2, 0.25) is 5.91 Å². The largest absolute Gasteiger partial charge is 0.336 e. The van der Waals surface area contributed by atoms with Gasteiger partial charge >= 0.3 is 0 Å². The summed E-state index contributed by atoms with van der Waals surface area (Å²) < 4.78 is 28.0. The third-order valence-electron chi connectivity index (χ3n) is 4.52. The Kier molecular flexibility index (Phi) is 4.92. The maximum absolute atomic E-state index is 14.3. The number of hydrogen-bond acceptors (Lipinski definition) is 2. The predicted octanol–water partition coefficient (Wildman–Crippen LogP) is 3.71. The zero-order chi connectivity index (χ0) is 18.9. The van der Waals surface area contributed by atoms with Gasteiger partial charge in [0.1, 0.15) is 11.6 Å². The molecule has 0 fully saturated rings. The van der Waals surface area contributed by atoms with Crippen molar-refractivity contribution in [1.82, 2.24) is 4.90 Å². The van der Waals surface area contributed by atoms with E-state index in [9.17, 15) is 13.6 Å². The van der Waals surface area contributed by atoms with Crippen LogP contribution < -0.4 is 5.73 Å². The third-order valence-corrected chi connectivity index (χ3v) is 4.52. The summed E-state index contributed by atoms with van der Waals surface area (Å²) in [5.74, 6) is -1.36. The van der Waals surface area contributed by atoms with Crippen LogP contribution in [0.1, 0.15) is 30.9 Å². The summed E-state index contributed by atoms with van der Waals surface area (Å²) in [6, 6.07) is 13.0. The number of hydrogen-bond donors (Lipinski definition) is 1. The average molecular weight is 356 g/mol. The molecule has 1 atom stereocenters. The maximum atomic E-state index is 14.3. The van der Waals surface area contributed by atoms with Crippen LogP contribution in [0.2, 0.25) is 0 Å². The predicted molar refractivity (Wildman–Crippen MR) is 98.4 cm³/mol. The standard InChI is InChI=1S/C21H22F2N2O/c1-21(2,24)20(26)25-12-15(14-6-4-3-5-7-14)10-16(13-25)18-11-17(22)8-9-19(18)23/h3-11,15H,12-13,24H2,1-2H3. The van der Waals surface area contributed by atoms with Crippen LogP contribution in [-0.4, -0.2) is 29.4 Å². The normalized spacial score (nSPS) is 17.8. The van der Waals surface area contributed by atoms with Crippen molar-refractivity contribution in [2.24, 2.45) is 5.73 Å². The molecule has 3 nitrogen and oxygen atoms in total. The Balaban J connectivity index is 2.04. The minimum absolute atomic E-state index is 0.117. The Hall–Kier alpha value is -2.53. The molecule has 0 radical (unpaired) electrons. The number of amides is 1. The molecule has 5 heteroatoms. The second-order valence-electron chi connectivity index (χ2n) is 7.24. The first kappa shape index (κ1) is 18.3. The molecule has 0 bridgehead atoms. The highest BCUT2D eigenvalue weighted by Gasteiger charge is 2.33. The smallest absolute Gasteiger partial charge is 0.242 e. The Bertz CT molecular complexity index is 841. The Labute approximate surface area is 152 Å². The molecule has 3 rings (SSSR count). The number of carbonyl (C=O) groups is 1. The molecular formula is C21H22F2N2O. The highest BCUT2D eigenvalue weighted by atomic mass is 19.1. The molecule has 136 valence electrons. The number of carbonyl (C=O) groups excluding carboxylic acids is 1. The molecule has 2 aromatic carbocycles. The summed E-state index contributed by atoms with van der Waals surface area (Å²) in [4.78, 5) is 14.4. The first-order valence-corrected chi connectivity index (χ1v) is 8.55. The number of halogens is 2. The van der Waals surface area contributed by atoms with E-state index in [0.717, 1.165) is 17.7 Å². The van der Waals surface area contributed by atoms with Gasteiger partial charge < -0.3 is 10.6 Å². The van der Waals surface area contributed by atoms with Gasteiger partial charge in [-0.1, -0.05) is 36.4 Å². The third kappa shape index (κ3) is 3.83. The van der Waals surface area contributed by atoms with E-state index < -0.39 is 17.2 Å². The van der Waals surface area contributed by atoms with Gasteiger partial charge in [-0.05, 0) is 43.2 Å². The van der Waals surface area contributed by atoms with Crippen LogP contribution in [0.25, 0.3) is 5.57 Å². The Morgan fingerprint density at radius 3 is 2.50 bits per heavy atom. The van der Waals surface area contributed by atoms with Gasteiger partial charge in [0, 0.05) is 24.6 Å². The molecule has 0 aliphatic carbocycles. The van der Waals surface area contributed by atoms with Crippen molar-refractivity contribution < 1.29 is 13.6 Å². The molecular weight excluding hydrogens is 334 g/mol. The van der Waals surface area contributed by atoms with Crippen molar-refractivity contribution in [2.45, 2.75) is 25.3 Å². The number of nitrogens with two attached hydrogens (primary N) is 1. The lowest BCUT2D eigenvalue weighted by Gasteiger charge is -2.36. The molecule has 1 unspecified atom stereocenters. The van der Waals surface area contributed by atoms with Gasteiger partial charge in [-0.3, -0.25) is 4.79 Å². The van der Waals surface area contributed by atoms with Crippen LogP contribution in [0.3, 0.4) is 0 Å². The van der Waals surface area contributed by atoms with Crippen molar-refractivity contribution in [3.05, 3.63) is 77.4 Å². The molecule has 26 heavy (non-hydrogen) atoms. The zero-order valence-electron chi connectivity index (χ0n) is 14.9. The molecule has 0 aromatic heterocycles. The SMILES string of the molecule is CC(C)(N)C(=O)N1CC(c2cc(F)ccc2F)=CC(c2ccccc2)C1. The molecule has 0 spiro atoms. The summed E-state index contributed by atoms with van der Waals surface area (Å²) in [5.41, 5.74) is 6.72. The molecule has 0 saturated heterocycles.